The van der Waals surface area contributed by atoms with Crippen LogP contribution in [0.4, 0.5) is 5.69 Å². The lowest BCUT2D eigenvalue weighted by Crippen LogP contribution is -2.24. The molecule has 1 saturated carbocycles. The van der Waals surface area contributed by atoms with Gasteiger partial charge in [-0.2, -0.15) is 0 Å². The highest BCUT2D eigenvalue weighted by Crippen LogP contribution is 2.48. The van der Waals surface area contributed by atoms with Crippen LogP contribution in [0.2, 0.25) is 0 Å². The van der Waals surface area contributed by atoms with E-state index in [1.807, 2.05) is 6.92 Å². The van der Waals surface area contributed by atoms with Crippen molar-refractivity contribution >= 4 is 24.1 Å². The van der Waals surface area contributed by atoms with Crippen LogP contribution >= 0.6 is 12.4 Å². The van der Waals surface area contributed by atoms with Gasteiger partial charge in [0.05, 0.1) is 25.5 Å². The molecule has 2 rings (SSSR count). The number of hydrogen-bond acceptors (Lipinski definition) is 5. The second-order valence-electron chi connectivity index (χ2n) is 5.78. The summed E-state index contributed by atoms with van der Waals surface area (Å²) in [6.45, 7) is 1.83. The third-order valence-electron chi connectivity index (χ3n) is 4.41. The van der Waals surface area contributed by atoms with E-state index < -0.39 is 5.97 Å². The predicted molar refractivity (Wildman–Crippen MR) is 95.3 cm³/mol. The van der Waals surface area contributed by atoms with Gasteiger partial charge in [0.15, 0.2) is 11.5 Å². The molecule has 3 N–H and O–H groups in total. The Morgan fingerprint density at radius 2 is 1.75 bits per heavy atom. The summed E-state index contributed by atoms with van der Waals surface area (Å²) >= 11 is 0. The molecule has 7 heteroatoms. The standard InChI is InChI=1S/C17H25NO5.ClH/c1-4-11-12(17(20)21)13(18-10-8-6-5-7-9-10)16(23-3)14(19)15(11)22-2;/h10,18-19H,4-9H2,1-3H3,(H,20,21);1H. The summed E-state index contributed by atoms with van der Waals surface area (Å²) in [5, 5.41) is 23.4. The monoisotopic (exact) mass is 359 g/mol. The fraction of sp³-hybridized carbons (Fsp3) is 0.588. The van der Waals surface area contributed by atoms with Gasteiger partial charge in [0.2, 0.25) is 5.75 Å². The van der Waals surface area contributed by atoms with Gasteiger partial charge >= 0.3 is 5.97 Å². The number of aromatic carboxylic acids is 1. The molecule has 0 heterocycles. The SMILES string of the molecule is CCc1c(OC)c(O)c(OC)c(NC2CCCCC2)c1C(=O)O.Cl. The second-order valence-corrected chi connectivity index (χ2v) is 5.78. The van der Waals surface area contributed by atoms with E-state index in [9.17, 15) is 15.0 Å². The smallest absolute Gasteiger partial charge is 0.338 e. The molecule has 0 aliphatic heterocycles. The van der Waals surface area contributed by atoms with Crippen LogP contribution < -0.4 is 14.8 Å². The van der Waals surface area contributed by atoms with E-state index >= 15 is 0 Å². The number of phenols is 1. The van der Waals surface area contributed by atoms with E-state index in [0.29, 0.717) is 17.7 Å². The number of nitrogens with one attached hydrogen (secondary N) is 1. The summed E-state index contributed by atoms with van der Waals surface area (Å²) in [5.74, 6) is -0.926. The Morgan fingerprint density at radius 1 is 1.17 bits per heavy atom. The highest BCUT2D eigenvalue weighted by atomic mass is 35.5. The molecule has 0 bridgehead atoms. The third-order valence-corrected chi connectivity index (χ3v) is 4.41. The van der Waals surface area contributed by atoms with Crippen LogP contribution in [-0.2, 0) is 6.42 Å². The van der Waals surface area contributed by atoms with Crippen molar-refractivity contribution in [1.29, 1.82) is 0 Å². The lowest BCUT2D eigenvalue weighted by atomic mass is 9.93. The fourth-order valence-corrected chi connectivity index (χ4v) is 3.32. The summed E-state index contributed by atoms with van der Waals surface area (Å²) in [7, 11) is 2.82. The average molecular weight is 360 g/mol. The van der Waals surface area contributed by atoms with Crippen molar-refractivity contribution in [3.05, 3.63) is 11.1 Å². The molecule has 1 aliphatic rings. The van der Waals surface area contributed by atoms with Gasteiger partial charge in [-0.05, 0) is 19.3 Å². The van der Waals surface area contributed by atoms with Crippen LogP contribution in [0.3, 0.4) is 0 Å². The van der Waals surface area contributed by atoms with Gasteiger partial charge in [0.25, 0.3) is 0 Å². The Morgan fingerprint density at radius 3 is 2.21 bits per heavy atom. The van der Waals surface area contributed by atoms with Gasteiger partial charge in [0.1, 0.15) is 0 Å². The van der Waals surface area contributed by atoms with Crippen molar-refractivity contribution in [2.24, 2.45) is 0 Å². The average Bonchev–Trinajstić information content (AvgIpc) is 2.55. The number of ether oxygens (including phenoxy) is 2. The van der Waals surface area contributed by atoms with Crippen LogP contribution in [0, 0.1) is 0 Å². The molecule has 6 nitrogen and oxygen atoms in total. The molecule has 24 heavy (non-hydrogen) atoms. The van der Waals surface area contributed by atoms with Crippen molar-refractivity contribution in [2.45, 2.75) is 51.5 Å². The molecule has 1 aliphatic carbocycles. The summed E-state index contributed by atoms with van der Waals surface area (Å²) in [6, 6.07) is 0.188. The van der Waals surface area contributed by atoms with E-state index in [1.54, 1.807) is 0 Å². The van der Waals surface area contributed by atoms with Crippen molar-refractivity contribution < 1.29 is 24.5 Å². The van der Waals surface area contributed by atoms with Crippen molar-refractivity contribution in [3.63, 3.8) is 0 Å². The third kappa shape index (κ3) is 3.80. The molecular formula is C17H26ClNO5. The zero-order valence-electron chi connectivity index (χ0n) is 14.3. The minimum atomic E-state index is -1.06. The maximum absolute atomic E-state index is 11.9. The zero-order valence-corrected chi connectivity index (χ0v) is 15.2. The van der Waals surface area contributed by atoms with Gasteiger partial charge in [-0.25, -0.2) is 4.79 Å². The molecule has 0 atom stereocenters. The Bertz CT molecular complexity index is 585. The number of aromatic hydroxyl groups is 1. The maximum atomic E-state index is 11.9. The molecule has 1 aromatic rings. The number of carboxylic acids is 1. The van der Waals surface area contributed by atoms with Crippen LogP contribution in [0.1, 0.15) is 54.9 Å². The first-order valence-electron chi connectivity index (χ1n) is 8.04. The number of carbonyl (C=O) groups is 1. The molecule has 0 unspecified atom stereocenters. The summed E-state index contributed by atoms with van der Waals surface area (Å²) in [5.41, 5.74) is 0.934. The quantitative estimate of drug-likeness (QED) is 0.715. The number of hydrogen-bond donors (Lipinski definition) is 3. The number of rotatable bonds is 6. The number of halogens is 1. The highest BCUT2D eigenvalue weighted by molar-refractivity contribution is 6.00. The Labute approximate surface area is 148 Å². The van der Waals surface area contributed by atoms with E-state index in [-0.39, 0.29) is 41.3 Å². The van der Waals surface area contributed by atoms with Gasteiger partial charge in [-0.15, -0.1) is 12.4 Å². The van der Waals surface area contributed by atoms with Crippen LogP contribution in [0.5, 0.6) is 17.2 Å². The van der Waals surface area contributed by atoms with Crippen LogP contribution in [0.15, 0.2) is 0 Å². The van der Waals surface area contributed by atoms with Crippen LogP contribution in [0.25, 0.3) is 0 Å². The van der Waals surface area contributed by atoms with Gasteiger partial charge in [0, 0.05) is 11.6 Å². The molecule has 136 valence electrons. The number of benzene rings is 1. The largest absolute Gasteiger partial charge is 0.502 e. The second kappa shape index (κ2) is 8.87. The van der Waals surface area contributed by atoms with Crippen molar-refractivity contribution in [3.8, 4) is 17.2 Å². The minimum Gasteiger partial charge on any atom is -0.502 e. The number of methoxy groups -OCH3 is 2. The van der Waals surface area contributed by atoms with E-state index in [1.165, 1.54) is 20.6 Å². The molecule has 0 saturated heterocycles. The van der Waals surface area contributed by atoms with Crippen molar-refractivity contribution in [1.82, 2.24) is 0 Å². The summed E-state index contributed by atoms with van der Waals surface area (Å²) in [6.07, 6.45) is 5.83. The van der Waals surface area contributed by atoms with Crippen molar-refractivity contribution in [2.75, 3.05) is 19.5 Å². The van der Waals surface area contributed by atoms with E-state index in [2.05, 4.69) is 5.32 Å². The number of phenolic OH excluding ortho intramolecular Hbond substituents is 1. The van der Waals surface area contributed by atoms with Gasteiger partial charge in [-0.1, -0.05) is 26.2 Å². The molecule has 0 spiro atoms. The molecule has 1 aromatic carbocycles. The molecular weight excluding hydrogens is 334 g/mol. The van der Waals surface area contributed by atoms with Crippen LogP contribution in [-0.4, -0.2) is 36.4 Å². The first kappa shape index (κ1) is 20.2. The lowest BCUT2D eigenvalue weighted by Gasteiger charge is -2.27. The summed E-state index contributed by atoms with van der Waals surface area (Å²) < 4.78 is 10.5. The minimum absolute atomic E-state index is 0. The Kier molecular flexibility index (Phi) is 7.48. The number of carboxylic acid groups (broad SMARTS) is 1. The predicted octanol–water partition coefficient (Wildman–Crippen LogP) is 3.84. The Balaban J connectivity index is 0.00000288. The molecule has 1 fully saturated rings. The molecule has 0 radical (unpaired) electrons. The lowest BCUT2D eigenvalue weighted by molar-refractivity contribution is 0.0696. The van der Waals surface area contributed by atoms with Gasteiger partial charge < -0.3 is 25.0 Å². The Hall–Kier alpha value is -1.82. The fourth-order valence-electron chi connectivity index (χ4n) is 3.32. The topological polar surface area (TPSA) is 88.0 Å². The first-order chi connectivity index (χ1) is 11.0. The molecule has 0 amide bonds. The summed E-state index contributed by atoms with van der Waals surface area (Å²) in [4.78, 5) is 11.9. The van der Waals surface area contributed by atoms with E-state index in [4.69, 9.17) is 9.47 Å². The molecule has 0 aromatic heterocycles. The van der Waals surface area contributed by atoms with E-state index in [0.717, 1.165) is 25.7 Å². The normalized spacial score (nSPS) is 14.6. The maximum Gasteiger partial charge on any atom is 0.338 e. The zero-order chi connectivity index (χ0) is 17.0. The number of anilines is 1. The highest BCUT2D eigenvalue weighted by Gasteiger charge is 2.29. The van der Waals surface area contributed by atoms with Gasteiger partial charge in [-0.3, -0.25) is 0 Å². The first-order valence-corrected chi connectivity index (χ1v) is 8.04.